The van der Waals surface area contributed by atoms with Crippen molar-refractivity contribution < 1.29 is 9.13 Å². The zero-order chi connectivity index (χ0) is 12.5. The molecule has 2 rings (SSSR count). The van der Waals surface area contributed by atoms with Crippen molar-refractivity contribution in [2.24, 2.45) is 0 Å². The van der Waals surface area contributed by atoms with Crippen LogP contribution in [0.5, 0.6) is 0 Å². The fourth-order valence-corrected chi connectivity index (χ4v) is 1.76. The average molecular weight is 237 g/mol. The molecule has 4 nitrogen and oxygen atoms in total. The molecule has 5 heteroatoms. The maximum Gasteiger partial charge on any atom is 0.201 e. The van der Waals surface area contributed by atoms with E-state index in [0.717, 1.165) is 5.52 Å². The number of hydrogen-bond acceptors (Lipinski definition) is 3. The van der Waals surface area contributed by atoms with Gasteiger partial charge in [-0.1, -0.05) is 0 Å². The highest BCUT2D eigenvalue weighted by Crippen LogP contribution is 2.18. The lowest BCUT2D eigenvalue weighted by Crippen LogP contribution is -2.36. The molecule has 0 unspecified atom stereocenters. The standard InChI is InChI=1S/C12H16FN3O/c1-12(2,7-17-3)16-11-14-9-5-4-8(13)6-10(9)15-11/h4-6H,7H2,1-3H3,(H2,14,15,16). The Hall–Kier alpha value is -1.62. The zero-order valence-electron chi connectivity index (χ0n) is 10.2. The van der Waals surface area contributed by atoms with Crippen molar-refractivity contribution in [2.75, 3.05) is 19.0 Å². The van der Waals surface area contributed by atoms with Gasteiger partial charge in [0.05, 0.1) is 23.2 Å². The van der Waals surface area contributed by atoms with Crippen LogP contribution < -0.4 is 5.32 Å². The molecule has 92 valence electrons. The van der Waals surface area contributed by atoms with E-state index in [1.165, 1.54) is 12.1 Å². The van der Waals surface area contributed by atoms with E-state index in [9.17, 15) is 4.39 Å². The Morgan fingerprint density at radius 2 is 2.24 bits per heavy atom. The molecule has 0 saturated heterocycles. The Morgan fingerprint density at radius 1 is 1.47 bits per heavy atom. The van der Waals surface area contributed by atoms with Crippen molar-refractivity contribution in [3.8, 4) is 0 Å². The lowest BCUT2D eigenvalue weighted by Gasteiger charge is -2.24. The number of aromatic amines is 1. The summed E-state index contributed by atoms with van der Waals surface area (Å²) in [6.07, 6.45) is 0. The molecule has 0 aliphatic heterocycles. The van der Waals surface area contributed by atoms with Crippen LogP contribution in [0.25, 0.3) is 11.0 Å². The van der Waals surface area contributed by atoms with Crippen molar-refractivity contribution in [1.82, 2.24) is 9.97 Å². The number of nitrogens with zero attached hydrogens (tertiary/aromatic N) is 1. The third-order valence-electron chi connectivity index (χ3n) is 2.41. The third kappa shape index (κ3) is 2.74. The number of aromatic nitrogens is 2. The molecule has 0 aliphatic carbocycles. The van der Waals surface area contributed by atoms with Gasteiger partial charge in [0, 0.05) is 7.11 Å². The topological polar surface area (TPSA) is 49.9 Å². The van der Waals surface area contributed by atoms with E-state index in [0.29, 0.717) is 18.1 Å². The highest BCUT2D eigenvalue weighted by Gasteiger charge is 2.18. The van der Waals surface area contributed by atoms with E-state index in [1.54, 1.807) is 13.2 Å². The number of methoxy groups -OCH3 is 1. The van der Waals surface area contributed by atoms with Gasteiger partial charge in [-0.25, -0.2) is 9.37 Å². The van der Waals surface area contributed by atoms with Crippen LogP contribution in [0.3, 0.4) is 0 Å². The number of nitrogens with one attached hydrogen (secondary N) is 2. The van der Waals surface area contributed by atoms with Crippen LogP contribution in [-0.2, 0) is 4.74 Å². The third-order valence-corrected chi connectivity index (χ3v) is 2.41. The van der Waals surface area contributed by atoms with E-state index >= 15 is 0 Å². The van der Waals surface area contributed by atoms with Gasteiger partial charge in [-0.05, 0) is 32.0 Å². The maximum absolute atomic E-state index is 13.0. The van der Waals surface area contributed by atoms with E-state index in [4.69, 9.17) is 4.74 Å². The summed E-state index contributed by atoms with van der Waals surface area (Å²) in [5.41, 5.74) is 1.18. The number of halogens is 1. The van der Waals surface area contributed by atoms with Crippen LogP contribution in [0.1, 0.15) is 13.8 Å². The van der Waals surface area contributed by atoms with Crippen molar-refractivity contribution in [2.45, 2.75) is 19.4 Å². The summed E-state index contributed by atoms with van der Waals surface area (Å²) in [7, 11) is 1.65. The number of fused-ring (bicyclic) bond motifs is 1. The number of anilines is 1. The van der Waals surface area contributed by atoms with Gasteiger partial charge in [0.25, 0.3) is 0 Å². The molecule has 1 aromatic carbocycles. The molecule has 1 heterocycles. The summed E-state index contributed by atoms with van der Waals surface area (Å²) < 4.78 is 18.1. The van der Waals surface area contributed by atoms with Crippen LogP contribution >= 0.6 is 0 Å². The molecular weight excluding hydrogens is 221 g/mol. The van der Waals surface area contributed by atoms with Gasteiger partial charge in [-0.3, -0.25) is 0 Å². The number of rotatable bonds is 4. The fraction of sp³-hybridized carbons (Fsp3) is 0.417. The van der Waals surface area contributed by atoms with Gasteiger partial charge in [0.15, 0.2) is 0 Å². The Balaban J connectivity index is 2.25. The fourth-order valence-electron chi connectivity index (χ4n) is 1.76. The first-order valence-electron chi connectivity index (χ1n) is 5.42. The quantitative estimate of drug-likeness (QED) is 0.859. The SMILES string of the molecule is COCC(C)(C)Nc1nc2ccc(F)cc2[nH]1. The van der Waals surface area contributed by atoms with E-state index in [-0.39, 0.29) is 11.4 Å². The van der Waals surface area contributed by atoms with E-state index in [1.807, 2.05) is 13.8 Å². The summed E-state index contributed by atoms with van der Waals surface area (Å²) in [5.74, 6) is 0.344. The van der Waals surface area contributed by atoms with Gasteiger partial charge < -0.3 is 15.0 Å². The van der Waals surface area contributed by atoms with Crippen molar-refractivity contribution in [3.63, 3.8) is 0 Å². The summed E-state index contributed by atoms with van der Waals surface area (Å²) in [5, 5.41) is 3.21. The lowest BCUT2D eigenvalue weighted by molar-refractivity contribution is 0.158. The molecule has 0 spiro atoms. The van der Waals surface area contributed by atoms with E-state index in [2.05, 4.69) is 15.3 Å². The van der Waals surface area contributed by atoms with Crippen molar-refractivity contribution in [3.05, 3.63) is 24.0 Å². The minimum absolute atomic E-state index is 0.235. The molecule has 2 N–H and O–H groups in total. The predicted octanol–water partition coefficient (Wildman–Crippen LogP) is 2.54. The monoisotopic (exact) mass is 237 g/mol. The molecule has 0 saturated carbocycles. The first-order valence-corrected chi connectivity index (χ1v) is 5.42. The summed E-state index contributed by atoms with van der Waals surface area (Å²) >= 11 is 0. The molecule has 0 aliphatic rings. The van der Waals surface area contributed by atoms with Crippen molar-refractivity contribution >= 4 is 17.0 Å². The number of hydrogen-bond donors (Lipinski definition) is 2. The number of benzene rings is 1. The van der Waals surface area contributed by atoms with Crippen LogP contribution in [0.4, 0.5) is 10.3 Å². The van der Waals surface area contributed by atoms with Gasteiger partial charge in [0.1, 0.15) is 5.82 Å². The second-order valence-corrected chi connectivity index (χ2v) is 4.69. The van der Waals surface area contributed by atoms with Gasteiger partial charge in [0.2, 0.25) is 5.95 Å². The first-order chi connectivity index (χ1) is 8.00. The smallest absolute Gasteiger partial charge is 0.201 e. The Bertz CT molecular complexity index is 521. The lowest BCUT2D eigenvalue weighted by atomic mass is 10.1. The van der Waals surface area contributed by atoms with Crippen LogP contribution in [0.2, 0.25) is 0 Å². The predicted molar refractivity (Wildman–Crippen MR) is 65.6 cm³/mol. The summed E-state index contributed by atoms with van der Waals surface area (Å²) in [6, 6.07) is 4.47. The molecule has 0 bridgehead atoms. The normalized spacial score (nSPS) is 12.0. The highest BCUT2D eigenvalue weighted by molar-refractivity contribution is 5.77. The minimum atomic E-state index is -0.274. The van der Waals surface area contributed by atoms with Crippen LogP contribution in [0, 0.1) is 5.82 Å². The Labute approximate surface area is 99.2 Å². The average Bonchev–Trinajstić information content (AvgIpc) is 2.57. The number of ether oxygens (including phenoxy) is 1. The van der Waals surface area contributed by atoms with Gasteiger partial charge >= 0.3 is 0 Å². The van der Waals surface area contributed by atoms with Gasteiger partial charge in [-0.15, -0.1) is 0 Å². The Kier molecular flexibility index (Phi) is 3.02. The van der Waals surface area contributed by atoms with E-state index < -0.39 is 0 Å². The largest absolute Gasteiger partial charge is 0.382 e. The second kappa shape index (κ2) is 4.33. The van der Waals surface area contributed by atoms with Crippen molar-refractivity contribution in [1.29, 1.82) is 0 Å². The molecule has 0 fully saturated rings. The summed E-state index contributed by atoms with van der Waals surface area (Å²) in [6.45, 7) is 4.56. The molecule has 17 heavy (non-hydrogen) atoms. The zero-order valence-corrected chi connectivity index (χ0v) is 10.2. The number of H-pyrrole nitrogens is 1. The number of imidazole rings is 1. The Morgan fingerprint density at radius 3 is 2.94 bits per heavy atom. The minimum Gasteiger partial charge on any atom is -0.382 e. The first kappa shape index (κ1) is 11.9. The highest BCUT2D eigenvalue weighted by atomic mass is 19.1. The second-order valence-electron chi connectivity index (χ2n) is 4.69. The molecular formula is C12H16FN3O. The van der Waals surface area contributed by atoms with Crippen LogP contribution in [-0.4, -0.2) is 29.2 Å². The van der Waals surface area contributed by atoms with Gasteiger partial charge in [-0.2, -0.15) is 0 Å². The molecule has 2 aromatic rings. The maximum atomic E-state index is 13.0. The molecule has 0 atom stereocenters. The van der Waals surface area contributed by atoms with Crippen LogP contribution in [0.15, 0.2) is 18.2 Å². The summed E-state index contributed by atoms with van der Waals surface area (Å²) in [4.78, 5) is 7.37. The molecule has 0 radical (unpaired) electrons. The molecule has 1 aromatic heterocycles. The molecule has 0 amide bonds.